The Bertz CT molecular complexity index is 888. The minimum absolute atomic E-state index is 0.0888. The standard InChI is InChI=1S/C22H30N4O3S/c1-7-12-25-20(19-13-28-17-10-8-9-11-18(17)29-19)23-24-22(25)30-16(6)21(27)26(14(2)3)15(4)5/h7-11,14-16,19H,1,12-13H2,2-6H3/t16-,19-/m0/s1. The number of benzene rings is 1. The SMILES string of the molecule is C=CCn1c(S[C@@H](C)C(=O)N(C(C)C)C(C)C)nnc1[C@@H]1COc2ccccc2O1. The Hall–Kier alpha value is -2.48. The molecular weight excluding hydrogens is 400 g/mol. The van der Waals surface area contributed by atoms with Crippen LogP contribution in [0.3, 0.4) is 0 Å². The summed E-state index contributed by atoms with van der Waals surface area (Å²) in [6.07, 6.45) is 1.41. The zero-order valence-corrected chi connectivity index (χ0v) is 19.1. The van der Waals surface area contributed by atoms with E-state index in [-0.39, 0.29) is 29.3 Å². The number of thioether (sulfide) groups is 1. The highest BCUT2D eigenvalue weighted by Crippen LogP contribution is 2.36. The van der Waals surface area contributed by atoms with Gasteiger partial charge in [0.2, 0.25) is 5.91 Å². The number of ether oxygens (including phenoxy) is 2. The maximum atomic E-state index is 13.0. The molecule has 7 nitrogen and oxygen atoms in total. The van der Waals surface area contributed by atoms with Gasteiger partial charge in [0.25, 0.3) is 0 Å². The van der Waals surface area contributed by atoms with Gasteiger partial charge in [-0.3, -0.25) is 9.36 Å². The zero-order chi connectivity index (χ0) is 21.8. The van der Waals surface area contributed by atoms with Gasteiger partial charge in [0.05, 0.1) is 5.25 Å². The van der Waals surface area contributed by atoms with Crippen molar-refractivity contribution in [3.05, 3.63) is 42.7 Å². The fourth-order valence-corrected chi connectivity index (χ4v) is 4.52. The van der Waals surface area contributed by atoms with Gasteiger partial charge in [-0.1, -0.05) is 30.0 Å². The number of rotatable bonds is 8. The third-order valence-corrected chi connectivity index (χ3v) is 5.92. The molecule has 1 aliphatic heterocycles. The van der Waals surface area contributed by atoms with E-state index >= 15 is 0 Å². The molecular formula is C22H30N4O3S. The van der Waals surface area contributed by atoms with Crippen molar-refractivity contribution in [1.29, 1.82) is 0 Å². The summed E-state index contributed by atoms with van der Waals surface area (Å²) in [6, 6.07) is 7.84. The Balaban J connectivity index is 1.81. The molecule has 0 radical (unpaired) electrons. The van der Waals surface area contributed by atoms with Crippen LogP contribution in [0, 0.1) is 0 Å². The monoisotopic (exact) mass is 430 g/mol. The number of hydrogen-bond acceptors (Lipinski definition) is 6. The minimum Gasteiger partial charge on any atom is -0.485 e. The van der Waals surface area contributed by atoms with Gasteiger partial charge in [0.1, 0.15) is 6.61 Å². The van der Waals surface area contributed by atoms with Gasteiger partial charge >= 0.3 is 0 Å². The van der Waals surface area contributed by atoms with Crippen LogP contribution in [0.5, 0.6) is 11.5 Å². The van der Waals surface area contributed by atoms with E-state index in [0.29, 0.717) is 29.9 Å². The second-order valence-electron chi connectivity index (χ2n) is 7.80. The van der Waals surface area contributed by atoms with Gasteiger partial charge in [-0.15, -0.1) is 16.8 Å². The lowest BCUT2D eigenvalue weighted by atomic mass is 10.2. The molecule has 0 saturated heterocycles. The molecule has 1 amide bonds. The Labute approximate surface area is 182 Å². The molecule has 0 bridgehead atoms. The Morgan fingerprint density at radius 3 is 2.53 bits per heavy atom. The molecule has 162 valence electrons. The molecule has 30 heavy (non-hydrogen) atoms. The van der Waals surface area contributed by atoms with Crippen LogP contribution >= 0.6 is 11.8 Å². The van der Waals surface area contributed by atoms with E-state index in [4.69, 9.17) is 9.47 Å². The lowest BCUT2D eigenvalue weighted by molar-refractivity contribution is -0.133. The summed E-state index contributed by atoms with van der Waals surface area (Å²) in [7, 11) is 0. The van der Waals surface area contributed by atoms with E-state index in [0.717, 1.165) is 5.75 Å². The van der Waals surface area contributed by atoms with Gasteiger partial charge in [0, 0.05) is 18.6 Å². The van der Waals surface area contributed by atoms with Crippen molar-refractivity contribution in [2.45, 2.75) is 69.8 Å². The molecule has 3 rings (SSSR count). The first-order chi connectivity index (χ1) is 14.3. The van der Waals surface area contributed by atoms with Crippen molar-refractivity contribution in [3.8, 4) is 11.5 Å². The van der Waals surface area contributed by atoms with E-state index in [1.807, 2.05) is 68.4 Å². The molecule has 2 heterocycles. The minimum atomic E-state index is -0.379. The van der Waals surface area contributed by atoms with Crippen LogP contribution in [0.1, 0.15) is 46.5 Å². The van der Waals surface area contributed by atoms with Crippen molar-refractivity contribution in [2.75, 3.05) is 6.61 Å². The number of amides is 1. The Morgan fingerprint density at radius 2 is 1.90 bits per heavy atom. The number of hydrogen-bond donors (Lipinski definition) is 0. The Morgan fingerprint density at radius 1 is 1.23 bits per heavy atom. The molecule has 0 spiro atoms. The van der Waals surface area contributed by atoms with Crippen LogP contribution in [-0.4, -0.2) is 49.5 Å². The van der Waals surface area contributed by atoms with E-state index in [2.05, 4.69) is 16.8 Å². The van der Waals surface area contributed by atoms with Crippen LogP contribution in [0.15, 0.2) is 42.1 Å². The van der Waals surface area contributed by atoms with Crippen LogP contribution in [0.4, 0.5) is 0 Å². The van der Waals surface area contributed by atoms with Crippen molar-refractivity contribution in [1.82, 2.24) is 19.7 Å². The summed E-state index contributed by atoms with van der Waals surface area (Å²) in [4.78, 5) is 14.9. The fourth-order valence-electron chi connectivity index (χ4n) is 3.60. The molecule has 2 atom stereocenters. The van der Waals surface area contributed by atoms with Crippen LogP contribution < -0.4 is 9.47 Å². The topological polar surface area (TPSA) is 69.5 Å². The predicted molar refractivity (Wildman–Crippen MR) is 118 cm³/mol. The number of para-hydroxylation sites is 2. The highest BCUT2D eigenvalue weighted by molar-refractivity contribution is 8.00. The summed E-state index contributed by atoms with van der Waals surface area (Å²) in [5, 5.41) is 9.11. The molecule has 1 aromatic carbocycles. The summed E-state index contributed by atoms with van der Waals surface area (Å²) in [5.74, 6) is 2.16. The third kappa shape index (κ3) is 4.64. The Kier molecular flexibility index (Phi) is 7.07. The van der Waals surface area contributed by atoms with Crippen molar-refractivity contribution in [3.63, 3.8) is 0 Å². The highest BCUT2D eigenvalue weighted by Gasteiger charge is 2.31. The fraction of sp³-hybridized carbons (Fsp3) is 0.500. The summed E-state index contributed by atoms with van der Waals surface area (Å²) < 4.78 is 13.9. The second-order valence-corrected chi connectivity index (χ2v) is 9.11. The molecule has 1 aromatic heterocycles. The molecule has 2 aromatic rings. The number of nitrogens with zero attached hydrogens (tertiary/aromatic N) is 4. The van der Waals surface area contributed by atoms with E-state index < -0.39 is 0 Å². The van der Waals surface area contributed by atoms with Crippen LogP contribution in [-0.2, 0) is 11.3 Å². The molecule has 1 aliphatic rings. The quantitative estimate of drug-likeness (QED) is 0.464. The van der Waals surface area contributed by atoms with Crippen molar-refractivity contribution >= 4 is 17.7 Å². The van der Waals surface area contributed by atoms with Gasteiger partial charge in [0.15, 0.2) is 28.6 Å². The summed E-state index contributed by atoms with van der Waals surface area (Å²) in [6.45, 7) is 14.8. The molecule has 0 N–H and O–H groups in total. The van der Waals surface area contributed by atoms with Gasteiger partial charge < -0.3 is 14.4 Å². The largest absolute Gasteiger partial charge is 0.485 e. The molecule has 0 unspecified atom stereocenters. The third-order valence-electron chi connectivity index (χ3n) is 4.85. The highest BCUT2D eigenvalue weighted by atomic mass is 32.2. The van der Waals surface area contributed by atoms with Crippen LogP contribution in [0.25, 0.3) is 0 Å². The predicted octanol–water partition coefficient (Wildman–Crippen LogP) is 4.10. The van der Waals surface area contributed by atoms with Crippen LogP contribution in [0.2, 0.25) is 0 Å². The molecule has 8 heteroatoms. The lowest BCUT2D eigenvalue weighted by Crippen LogP contribution is -2.45. The number of allylic oxidation sites excluding steroid dienone is 1. The number of carbonyl (C=O) groups is 1. The molecule has 0 fully saturated rings. The smallest absolute Gasteiger partial charge is 0.236 e. The second kappa shape index (κ2) is 9.55. The summed E-state index contributed by atoms with van der Waals surface area (Å²) >= 11 is 1.41. The van der Waals surface area contributed by atoms with Crippen molar-refractivity contribution in [2.24, 2.45) is 0 Å². The zero-order valence-electron chi connectivity index (χ0n) is 18.2. The van der Waals surface area contributed by atoms with E-state index in [9.17, 15) is 4.79 Å². The first-order valence-corrected chi connectivity index (χ1v) is 11.1. The van der Waals surface area contributed by atoms with Gasteiger partial charge in [-0.25, -0.2) is 0 Å². The maximum Gasteiger partial charge on any atom is 0.236 e. The maximum absolute atomic E-state index is 13.0. The number of carbonyl (C=O) groups excluding carboxylic acids is 1. The van der Waals surface area contributed by atoms with E-state index in [1.54, 1.807) is 6.08 Å². The first-order valence-electron chi connectivity index (χ1n) is 10.2. The molecule has 0 saturated carbocycles. The van der Waals surface area contributed by atoms with Gasteiger partial charge in [-0.2, -0.15) is 0 Å². The van der Waals surface area contributed by atoms with Gasteiger partial charge in [-0.05, 0) is 46.8 Å². The van der Waals surface area contributed by atoms with Crippen molar-refractivity contribution < 1.29 is 14.3 Å². The average Bonchev–Trinajstić information content (AvgIpc) is 3.09. The van der Waals surface area contributed by atoms with E-state index in [1.165, 1.54) is 11.8 Å². The normalized spacial score (nSPS) is 16.6. The lowest BCUT2D eigenvalue weighted by Gasteiger charge is -2.32. The average molecular weight is 431 g/mol. The summed E-state index contributed by atoms with van der Waals surface area (Å²) in [5.41, 5.74) is 0. The first kappa shape index (κ1) is 22.2. The number of fused-ring (bicyclic) bond motifs is 1. The number of aromatic nitrogens is 3. The molecule has 0 aliphatic carbocycles.